The maximum atomic E-state index is 5.46. The van der Waals surface area contributed by atoms with Crippen molar-refractivity contribution in [1.29, 1.82) is 0 Å². The van der Waals surface area contributed by atoms with Crippen molar-refractivity contribution in [2.75, 3.05) is 41.3 Å². The molecule has 0 amide bonds. The molecule has 28 heavy (non-hydrogen) atoms. The van der Waals surface area contributed by atoms with E-state index in [2.05, 4.69) is 61.8 Å². The van der Waals surface area contributed by atoms with Crippen molar-refractivity contribution >= 4 is 34.8 Å². The number of thiocarbonyl (C=S) groups is 1. The molecule has 2 N–H and O–H groups in total. The highest BCUT2D eigenvalue weighted by atomic mass is 32.1. The van der Waals surface area contributed by atoms with Gasteiger partial charge in [-0.15, -0.1) is 0 Å². The monoisotopic (exact) mass is 396 g/mol. The van der Waals surface area contributed by atoms with Crippen molar-refractivity contribution in [2.45, 2.75) is 38.6 Å². The number of hydrogen-bond acceptors (Lipinski definition) is 5. The van der Waals surface area contributed by atoms with Gasteiger partial charge >= 0.3 is 0 Å². The zero-order chi connectivity index (χ0) is 19.3. The van der Waals surface area contributed by atoms with E-state index in [-0.39, 0.29) is 0 Å². The summed E-state index contributed by atoms with van der Waals surface area (Å²) >= 11 is 5.46. The fourth-order valence-electron chi connectivity index (χ4n) is 4.00. The highest BCUT2D eigenvalue weighted by Gasteiger charge is 2.20. The van der Waals surface area contributed by atoms with Crippen LogP contribution in [0.25, 0.3) is 0 Å². The smallest absolute Gasteiger partial charge is 0.231 e. The lowest BCUT2D eigenvalue weighted by Gasteiger charge is -2.36. The largest absolute Gasteiger partial charge is 0.368 e. The minimum Gasteiger partial charge on any atom is -0.368 e. The van der Waals surface area contributed by atoms with Crippen LogP contribution < -0.4 is 20.4 Å². The van der Waals surface area contributed by atoms with Crippen LogP contribution >= 0.6 is 12.2 Å². The Labute approximate surface area is 172 Å². The lowest BCUT2D eigenvalue weighted by molar-refractivity contribution is 0.634. The molecule has 4 rings (SSSR count). The van der Waals surface area contributed by atoms with Crippen LogP contribution in [0.2, 0.25) is 0 Å². The van der Waals surface area contributed by atoms with Gasteiger partial charge in [-0.05, 0) is 44.1 Å². The highest BCUT2D eigenvalue weighted by molar-refractivity contribution is 7.80. The minimum absolute atomic E-state index is 0.482. The Morgan fingerprint density at radius 2 is 1.68 bits per heavy atom. The molecule has 2 aromatic rings. The quantitative estimate of drug-likeness (QED) is 0.769. The summed E-state index contributed by atoms with van der Waals surface area (Å²) in [5, 5.41) is 7.20. The number of para-hydroxylation sites is 1. The van der Waals surface area contributed by atoms with E-state index < -0.39 is 0 Å². The summed E-state index contributed by atoms with van der Waals surface area (Å²) in [6, 6.07) is 13.1. The molecular formula is C21H28N6S. The number of piperazine rings is 1. The number of aryl methyl sites for hydroxylation is 1. The molecule has 0 radical (unpaired) electrons. The van der Waals surface area contributed by atoms with Gasteiger partial charge in [0.2, 0.25) is 5.95 Å². The molecule has 148 valence electrons. The average molecular weight is 397 g/mol. The summed E-state index contributed by atoms with van der Waals surface area (Å²) in [5.41, 5.74) is 2.23. The highest BCUT2D eigenvalue weighted by Crippen LogP contribution is 2.21. The van der Waals surface area contributed by atoms with Gasteiger partial charge in [-0.1, -0.05) is 31.0 Å². The predicted octanol–water partition coefficient (Wildman–Crippen LogP) is 3.34. The fourth-order valence-corrected chi connectivity index (χ4v) is 4.25. The third kappa shape index (κ3) is 4.70. The Bertz CT molecular complexity index is 798. The first kappa shape index (κ1) is 18.9. The Morgan fingerprint density at radius 1 is 1.00 bits per heavy atom. The standard InChI is InChI=1S/C21H28N6S/c1-16-15-19(24-20(22-16)25-21(28)23-17-7-5-6-8-17)27-13-11-26(12-14-27)18-9-3-2-4-10-18/h2-4,9-10,15,17H,5-8,11-14H2,1H3,(H2,22,23,24,25,28). The molecule has 1 aliphatic carbocycles. The lowest BCUT2D eigenvalue weighted by Crippen LogP contribution is -2.47. The van der Waals surface area contributed by atoms with Crippen LogP contribution in [0.1, 0.15) is 31.4 Å². The summed E-state index contributed by atoms with van der Waals surface area (Å²) in [4.78, 5) is 14.0. The molecule has 1 aromatic heterocycles. The van der Waals surface area contributed by atoms with E-state index in [0.717, 1.165) is 37.7 Å². The van der Waals surface area contributed by atoms with Gasteiger partial charge in [0.25, 0.3) is 0 Å². The van der Waals surface area contributed by atoms with E-state index >= 15 is 0 Å². The van der Waals surface area contributed by atoms with Crippen molar-refractivity contribution in [3.05, 3.63) is 42.1 Å². The van der Waals surface area contributed by atoms with Gasteiger partial charge in [0.1, 0.15) is 5.82 Å². The van der Waals surface area contributed by atoms with E-state index in [9.17, 15) is 0 Å². The number of nitrogens with one attached hydrogen (secondary N) is 2. The molecule has 0 bridgehead atoms. The van der Waals surface area contributed by atoms with Gasteiger partial charge in [0.15, 0.2) is 5.11 Å². The average Bonchev–Trinajstić information content (AvgIpc) is 3.21. The number of hydrogen-bond donors (Lipinski definition) is 2. The van der Waals surface area contributed by atoms with E-state index in [1.54, 1.807) is 0 Å². The van der Waals surface area contributed by atoms with Gasteiger partial charge in [-0.25, -0.2) is 4.98 Å². The third-order valence-electron chi connectivity index (χ3n) is 5.48. The van der Waals surface area contributed by atoms with Crippen LogP contribution in [0, 0.1) is 6.92 Å². The van der Waals surface area contributed by atoms with E-state index in [1.807, 2.05) is 6.92 Å². The summed E-state index contributed by atoms with van der Waals surface area (Å²) in [5.74, 6) is 1.54. The van der Waals surface area contributed by atoms with Crippen LogP contribution in [0.4, 0.5) is 17.5 Å². The summed E-state index contributed by atoms with van der Waals surface area (Å²) in [7, 11) is 0. The van der Waals surface area contributed by atoms with E-state index in [1.165, 1.54) is 31.4 Å². The van der Waals surface area contributed by atoms with Gasteiger partial charge in [-0.2, -0.15) is 4.98 Å². The van der Waals surface area contributed by atoms with Gasteiger partial charge in [0, 0.05) is 49.7 Å². The lowest BCUT2D eigenvalue weighted by atomic mass is 10.2. The van der Waals surface area contributed by atoms with E-state index in [0.29, 0.717) is 17.1 Å². The van der Waals surface area contributed by atoms with Crippen LogP contribution in [-0.4, -0.2) is 47.3 Å². The zero-order valence-corrected chi connectivity index (χ0v) is 17.2. The Hall–Kier alpha value is -2.41. The molecule has 0 atom stereocenters. The molecule has 1 aromatic carbocycles. The first-order valence-corrected chi connectivity index (χ1v) is 10.6. The summed E-state index contributed by atoms with van der Waals surface area (Å²) in [6.07, 6.45) is 4.93. The number of rotatable bonds is 4. The molecule has 1 saturated carbocycles. The Morgan fingerprint density at radius 3 is 2.39 bits per heavy atom. The summed E-state index contributed by atoms with van der Waals surface area (Å²) < 4.78 is 0. The zero-order valence-electron chi connectivity index (χ0n) is 16.4. The van der Waals surface area contributed by atoms with E-state index in [4.69, 9.17) is 17.2 Å². The fraction of sp³-hybridized carbons (Fsp3) is 0.476. The Balaban J connectivity index is 1.38. The van der Waals surface area contributed by atoms with Crippen molar-refractivity contribution in [1.82, 2.24) is 15.3 Å². The predicted molar refractivity (Wildman–Crippen MR) is 119 cm³/mol. The SMILES string of the molecule is Cc1cc(N2CCN(c3ccccc3)CC2)nc(NC(=S)NC2CCCC2)n1. The summed E-state index contributed by atoms with van der Waals surface area (Å²) in [6.45, 7) is 5.85. The number of aromatic nitrogens is 2. The molecule has 0 spiro atoms. The van der Waals surface area contributed by atoms with Gasteiger partial charge in [-0.3, -0.25) is 0 Å². The molecule has 7 heteroatoms. The number of nitrogens with zero attached hydrogens (tertiary/aromatic N) is 4. The molecule has 1 saturated heterocycles. The number of benzene rings is 1. The molecule has 2 heterocycles. The first-order chi connectivity index (χ1) is 13.7. The van der Waals surface area contributed by atoms with Crippen molar-refractivity contribution < 1.29 is 0 Å². The van der Waals surface area contributed by atoms with Gasteiger partial charge in [0.05, 0.1) is 0 Å². The van der Waals surface area contributed by atoms with Crippen molar-refractivity contribution in [3.8, 4) is 0 Å². The van der Waals surface area contributed by atoms with Crippen LogP contribution in [0.15, 0.2) is 36.4 Å². The van der Waals surface area contributed by atoms with Crippen LogP contribution in [-0.2, 0) is 0 Å². The molecular weight excluding hydrogens is 368 g/mol. The Kier molecular flexibility index (Phi) is 5.90. The van der Waals surface area contributed by atoms with Crippen molar-refractivity contribution in [3.63, 3.8) is 0 Å². The molecule has 0 unspecified atom stereocenters. The second kappa shape index (κ2) is 8.73. The number of anilines is 3. The molecule has 2 aliphatic rings. The normalized spacial score (nSPS) is 17.6. The topological polar surface area (TPSA) is 56.3 Å². The third-order valence-corrected chi connectivity index (χ3v) is 5.70. The first-order valence-electron chi connectivity index (χ1n) is 10.2. The second-order valence-electron chi connectivity index (χ2n) is 7.58. The minimum atomic E-state index is 0.482. The maximum absolute atomic E-state index is 5.46. The maximum Gasteiger partial charge on any atom is 0.231 e. The van der Waals surface area contributed by atoms with Crippen LogP contribution in [0.5, 0.6) is 0 Å². The van der Waals surface area contributed by atoms with Crippen LogP contribution in [0.3, 0.4) is 0 Å². The molecule has 6 nitrogen and oxygen atoms in total. The molecule has 1 aliphatic heterocycles. The second-order valence-corrected chi connectivity index (χ2v) is 7.99. The van der Waals surface area contributed by atoms with Gasteiger partial charge < -0.3 is 20.4 Å². The molecule has 2 fully saturated rings. The van der Waals surface area contributed by atoms with Crippen molar-refractivity contribution in [2.24, 2.45) is 0 Å².